The molecule has 1 aliphatic heterocycles. The minimum absolute atomic E-state index is 0.224. The van der Waals surface area contributed by atoms with Crippen LogP contribution in [-0.4, -0.2) is 41.0 Å². The van der Waals surface area contributed by atoms with Crippen molar-refractivity contribution in [2.75, 3.05) is 25.5 Å². The van der Waals surface area contributed by atoms with Crippen molar-refractivity contribution < 1.29 is 13.9 Å². The molecule has 1 saturated heterocycles. The summed E-state index contributed by atoms with van der Waals surface area (Å²) in [6.07, 6.45) is 4.14. The van der Waals surface area contributed by atoms with E-state index < -0.39 is 0 Å². The molecule has 1 aliphatic rings. The third-order valence-electron chi connectivity index (χ3n) is 5.71. The first kappa shape index (κ1) is 20.2. The van der Waals surface area contributed by atoms with Crippen molar-refractivity contribution in [3.05, 3.63) is 71.9 Å². The van der Waals surface area contributed by atoms with E-state index >= 15 is 0 Å². The van der Waals surface area contributed by atoms with Crippen LogP contribution in [0.4, 0.5) is 5.69 Å². The number of benzene rings is 2. The van der Waals surface area contributed by atoms with Gasteiger partial charge in [-0.3, -0.25) is 9.69 Å². The molecule has 4 aromatic rings. The van der Waals surface area contributed by atoms with Gasteiger partial charge >= 0.3 is 0 Å². The molecule has 0 saturated carbocycles. The Balaban J connectivity index is 1.39. The molecule has 1 amide bonds. The fourth-order valence-corrected chi connectivity index (χ4v) is 4.06. The largest absolute Gasteiger partial charge is 0.496 e. The summed E-state index contributed by atoms with van der Waals surface area (Å²) in [6, 6.07) is 16.7. The smallest absolute Gasteiger partial charge is 0.255 e. The van der Waals surface area contributed by atoms with Crippen molar-refractivity contribution >= 4 is 22.8 Å². The van der Waals surface area contributed by atoms with Crippen LogP contribution in [0.2, 0.25) is 0 Å². The van der Waals surface area contributed by atoms with Crippen LogP contribution >= 0.6 is 0 Å². The van der Waals surface area contributed by atoms with Crippen LogP contribution < -0.4 is 10.1 Å². The predicted molar refractivity (Wildman–Crippen MR) is 123 cm³/mol. The Labute approximate surface area is 186 Å². The van der Waals surface area contributed by atoms with E-state index in [0.717, 1.165) is 30.9 Å². The van der Waals surface area contributed by atoms with Crippen molar-refractivity contribution in [3.63, 3.8) is 0 Å². The molecule has 7 heteroatoms. The standard InChI is InChI=1S/C25H24N4O3/c1-31-22-15-17(10-11-18(22)16-29-13-4-5-14-29)24(30)27-20-8-3-2-7-19(20)25-28-23-21(32-25)9-6-12-26-23/h2-3,6-12,15H,4-5,13-14,16H2,1H3,(H,27,30). The molecule has 7 nitrogen and oxygen atoms in total. The average Bonchev–Trinajstić information content (AvgIpc) is 3.49. The number of oxazole rings is 1. The molecule has 1 fully saturated rings. The van der Waals surface area contributed by atoms with E-state index in [9.17, 15) is 4.79 Å². The highest BCUT2D eigenvalue weighted by atomic mass is 16.5. The molecule has 5 rings (SSSR count). The molecule has 0 bridgehead atoms. The molecular formula is C25H24N4O3. The van der Waals surface area contributed by atoms with Crippen molar-refractivity contribution in [2.45, 2.75) is 19.4 Å². The van der Waals surface area contributed by atoms with Crippen molar-refractivity contribution in [1.29, 1.82) is 0 Å². The first-order valence-corrected chi connectivity index (χ1v) is 10.7. The van der Waals surface area contributed by atoms with E-state index in [1.807, 2.05) is 42.5 Å². The first-order chi connectivity index (χ1) is 15.7. The third kappa shape index (κ3) is 4.07. The molecule has 0 radical (unpaired) electrons. The number of carbonyl (C=O) groups is 1. The normalized spacial score (nSPS) is 14.0. The highest BCUT2D eigenvalue weighted by Crippen LogP contribution is 2.30. The quantitative estimate of drug-likeness (QED) is 0.478. The number of hydrogen-bond donors (Lipinski definition) is 1. The summed E-state index contributed by atoms with van der Waals surface area (Å²) in [6.45, 7) is 3.04. The molecule has 0 aliphatic carbocycles. The molecule has 0 spiro atoms. The van der Waals surface area contributed by atoms with Gasteiger partial charge in [-0.05, 0) is 62.3 Å². The van der Waals surface area contributed by atoms with Crippen molar-refractivity contribution in [3.8, 4) is 17.2 Å². The lowest BCUT2D eigenvalue weighted by molar-refractivity contribution is 0.102. The summed E-state index contributed by atoms with van der Waals surface area (Å²) < 4.78 is 11.4. The van der Waals surface area contributed by atoms with Gasteiger partial charge in [-0.1, -0.05) is 18.2 Å². The molecule has 1 N–H and O–H groups in total. The zero-order valence-electron chi connectivity index (χ0n) is 17.9. The van der Waals surface area contributed by atoms with Gasteiger partial charge in [0.25, 0.3) is 5.91 Å². The zero-order chi connectivity index (χ0) is 21.9. The monoisotopic (exact) mass is 428 g/mol. The minimum atomic E-state index is -0.224. The highest BCUT2D eigenvalue weighted by Gasteiger charge is 2.18. The molecule has 162 valence electrons. The fourth-order valence-electron chi connectivity index (χ4n) is 4.06. The summed E-state index contributed by atoms with van der Waals surface area (Å²) >= 11 is 0. The highest BCUT2D eigenvalue weighted by molar-refractivity contribution is 6.06. The van der Waals surface area contributed by atoms with Crippen LogP contribution in [0.1, 0.15) is 28.8 Å². The number of nitrogens with one attached hydrogen (secondary N) is 1. The van der Waals surface area contributed by atoms with Gasteiger partial charge in [-0.15, -0.1) is 0 Å². The topological polar surface area (TPSA) is 80.5 Å². The molecule has 3 heterocycles. The lowest BCUT2D eigenvalue weighted by atomic mass is 10.1. The SMILES string of the molecule is COc1cc(C(=O)Nc2ccccc2-c2nc3ncccc3o2)ccc1CN1CCCC1. The third-order valence-corrected chi connectivity index (χ3v) is 5.71. The Kier molecular flexibility index (Phi) is 5.56. The zero-order valence-corrected chi connectivity index (χ0v) is 17.9. The number of rotatable bonds is 6. The van der Waals surface area contributed by atoms with E-state index in [0.29, 0.717) is 33.9 Å². The maximum absolute atomic E-state index is 13.1. The second kappa shape index (κ2) is 8.80. The van der Waals surface area contributed by atoms with E-state index in [1.165, 1.54) is 12.8 Å². The van der Waals surface area contributed by atoms with Crippen LogP contribution in [0.25, 0.3) is 22.7 Å². The Hall–Kier alpha value is -3.71. The summed E-state index contributed by atoms with van der Waals surface area (Å²) in [7, 11) is 1.64. The van der Waals surface area contributed by atoms with Gasteiger partial charge in [0.1, 0.15) is 5.75 Å². The molecule has 0 unspecified atom stereocenters. The fraction of sp³-hybridized carbons (Fsp3) is 0.240. The first-order valence-electron chi connectivity index (χ1n) is 10.7. The number of carbonyl (C=O) groups excluding carboxylic acids is 1. The number of amides is 1. The number of aromatic nitrogens is 2. The van der Waals surface area contributed by atoms with Crippen LogP contribution in [0, 0.1) is 0 Å². The maximum atomic E-state index is 13.1. The van der Waals surface area contributed by atoms with Gasteiger partial charge in [0.05, 0.1) is 18.4 Å². The molecule has 0 atom stereocenters. The number of methoxy groups -OCH3 is 1. The van der Waals surface area contributed by atoms with Crippen molar-refractivity contribution in [2.24, 2.45) is 0 Å². The molecule has 2 aromatic heterocycles. The number of fused-ring (bicyclic) bond motifs is 1. The number of pyridine rings is 1. The van der Waals surface area contributed by atoms with E-state index in [2.05, 4.69) is 20.2 Å². The number of ether oxygens (including phenoxy) is 1. The Bertz CT molecular complexity index is 1230. The van der Waals surface area contributed by atoms with Gasteiger partial charge in [-0.2, -0.15) is 4.98 Å². The van der Waals surface area contributed by atoms with Gasteiger partial charge in [-0.25, -0.2) is 4.98 Å². The summed E-state index contributed by atoms with van der Waals surface area (Å²) in [4.78, 5) is 24.1. The van der Waals surface area contributed by atoms with Gasteiger partial charge in [0, 0.05) is 23.9 Å². The Morgan fingerprint density at radius 1 is 1.12 bits per heavy atom. The summed E-state index contributed by atoms with van der Waals surface area (Å²) in [5.74, 6) is 0.911. The second-order valence-electron chi connectivity index (χ2n) is 7.85. The second-order valence-corrected chi connectivity index (χ2v) is 7.85. The maximum Gasteiger partial charge on any atom is 0.255 e. The van der Waals surface area contributed by atoms with Crippen LogP contribution in [-0.2, 0) is 6.54 Å². The number of likely N-dealkylation sites (tertiary alicyclic amines) is 1. The number of para-hydroxylation sites is 1. The van der Waals surface area contributed by atoms with E-state index in [1.54, 1.807) is 25.4 Å². The number of nitrogens with zero attached hydrogens (tertiary/aromatic N) is 3. The summed E-state index contributed by atoms with van der Waals surface area (Å²) in [5, 5.41) is 2.99. The van der Waals surface area contributed by atoms with E-state index in [4.69, 9.17) is 9.15 Å². The molecule has 32 heavy (non-hydrogen) atoms. The molecular weight excluding hydrogens is 404 g/mol. The lowest BCUT2D eigenvalue weighted by Gasteiger charge is -2.17. The van der Waals surface area contributed by atoms with Gasteiger partial charge < -0.3 is 14.5 Å². The van der Waals surface area contributed by atoms with E-state index in [-0.39, 0.29) is 5.91 Å². The predicted octanol–water partition coefficient (Wildman–Crippen LogP) is 4.75. The average molecular weight is 428 g/mol. The lowest BCUT2D eigenvalue weighted by Crippen LogP contribution is -2.19. The van der Waals surface area contributed by atoms with Gasteiger partial charge in [0.2, 0.25) is 5.89 Å². The van der Waals surface area contributed by atoms with Gasteiger partial charge in [0.15, 0.2) is 11.2 Å². The molecule has 2 aromatic carbocycles. The van der Waals surface area contributed by atoms with Crippen molar-refractivity contribution in [1.82, 2.24) is 14.9 Å². The number of anilines is 1. The Morgan fingerprint density at radius 3 is 2.78 bits per heavy atom. The Morgan fingerprint density at radius 2 is 1.97 bits per heavy atom. The van der Waals surface area contributed by atoms with Crippen LogP contribution in [0.15, 0.2) is 65.2 Å². The number of hydrogen-bond acceptors (Lipinski definition) is 6. The van der Waals surface area contributed by atoms with Crippen LogP contribution in [0.3, 0.4) is 0 Å². The summed E-state index contributed by atoms with van der Waals surface area (Å²) in [5.41, 5.74) is 4.05. The minimum Gasteiger partial charge on any atom is -0.496 e. The van der Waals surface area contributed by atoms with Crippen LogP contribution in [0.5, 0.6) is 5.75 Å².